The van der Waals surface area contributed by atoms with Gasteiger partial charge in [0.2, 0.25) is 5.91 Å². The number of aliphatic hydroxyl groups excluding tert-OH is 2. The van der Waals surface area contributed by atoms with Crippen LogP contribution in [0.25, 0.3) is 0 Å². The highest BCUT2D eigenvalue weighted by Crippen LogP contribution is 2.27. The van der Waals surface area contributed by atoms with Crippen LogP contribution >= 0.6 is 0 Å². The molecule has 0 saturated heterocycles. The zero-order chi connectivity index (χ0) is 17.6. The Balaban J connectivity index is 3.24. The highest BCUT2D eigenvalue weighted by Gasteiger charge is 2.43. The summed E-state index contributed by atoms with van der Waals surface area (Å²) in [6, 6.07) is -1.22. The van der Waals surface area contributed by atoms with E-state index in [1.165, 1.54) is 14.0 Å². The third kappa shape index (κ3) is 5.08. The molecule has 0 unspecified atom stereocenters. The maximum absolute atomic E-state index is 11.5. The number of hydrogen-bond donors (Lipinski definition) is 5. The van der Waals surface area contributed by atoms with Crippen molar-refractivity contribution in [3.05, 3.63) is 11.8 Å². The number of ether oxygens (including phenoxy) is 2. The monoisotopic (exact) mass is 330 g/mol. The molecule has 0 fully saturated rings. The molecule has 5 atom stereocenters. The van der Waals surface area contributed by atoms with Crippen molar-refractivity contribution < 1.29 is 24.5 Å². The molecule has 9 nitrogen and oxygen atoms in total. The molecule has 132 valence electrons. The summed E-state index contributed by atoms with van der Waals surface area (Å²) >= 11 is 0. The SMILES string of the molecule is CCC1=C[C@H](N=C(N)N)[C@@H](NC(C)=O)[C@H]([C@H](OC)[C@H](O)CO)O1. The molecule has 0 spiro atoms. The summed E-state index contributed by atoms with van der Waals surface area (Å²) in [7, 11) is 1.39. The molecule has 0 aromatic heterocycles. The van der Waals surface area contributed by atoms with Gasteiger partial charge in [0.25, 0.3) is 0 Å². The number of aliphatic hydroxyl groups is 2. The van der Waals surface area contributed by atoms with Crippen LogP contribution in [0.4, 0.5) is 0 Å². The predicted molar refractivity (Wildman–Crippen MR) is 84.3 cm³/mol. The third-order valence-corrected chi connectivity index (χ3v) is 3.54. The minimum atomic E-state index is -1.18. The van der Waals surface area contributed by atoms with Crippen molar-refractivity contribution in [1.82, 2.24) is 5.32 Å². The second kappa shape index (κ2) is 8.70. The van der Waals surface area contributed by atoms with Gasteiger partial charge in [-0.2, -0.15) is 0 Å². The number of nitrogens with two attached hydrogens (primary N) is 2. The number of nitrogens with zero attached hydrogens (tertiary/aromatic N) is 1. The van der Waals surface area contributed by atoms with E-state index in [0.29, 0.717) is 12.2 Å². The first-order valence-electron chi connectivity index (χ1n) is 7.38. The van der Waals surface area contributed by atoms with Gasteiger partial charge in [-0.1, -0.05) is 6.92 Å². The molecule has 0 aromatic rings. The minimum Gasteiger partial charge on any atom is -0.490 e. The van der Waals surface area contributed by atoms with Crippen LogP contribution in [0, 0.1) is 0 Å². The van der Waals surface area contributed by atoms with Crippen molar-refractivity contribution in [2.24, 2.45) is 16.5 Å². The summed E-state index contributed by atoms with van der Waals surface area (Å²) in [5, 5.41) is 21.9. The Hall–Kier alpha value is -1.84. The van der Waals surface area contributed by atoms with E-state index in [0.717, 1.165) is 0 Å². The number of carbonyl (C=O) groups excluding carboxylic acids is 1. The lowest BCUT2D eigenvalue weighted by molar-refractivity contribution is -0.131. The Labute approximate surface area is 135 Å². The molecule has 0 radical (unpaired) electrons. The van der Waals surface area contributed by atoms with Crippen molar-refractivity contribution in [3.63, 3.8) is 0 Å². The normalized spacial score (nSPS) is 26.5. The van der Waals surface area contributed by atoms with E-state index in [1.807, 2.05) is 6.92 Å². The summed E-state index contributed by atoms with van der Waals surface area (Å²) < 4.78 is 11.1. The van der Waals surface area contributed by atoms with Gasteiger partial charge in [-0.15, -0.1) is 0 Å². The molecule has 0 saturated carbocycles. The average molecular weight is 330 g/mol. The fourth-order valence-corrected chi connectivity index (χ4v) is 2.55. The van der Waals surface area contributed by atoms with Gasteiger partial charge in [0.05, 0.1) is 24.4 Å². The van der Waals surface area contributed by atoms with Gasteiger partial charge in [-0.3, -0.25) is 4.79 Å². The number of aliphatic imine (C=N–C) groups is 1. The van der Waals surface area contributed by atoms with E-state index in [-0.39, 0.29) is 11.9 Å². The van der Waals surface area contributed by atoms with Crippen LogP contribution in [0.1, 0.15) is 20.3 Å². The second-order valence-corrected chi connectivity index (χ2v) is 5.29. The van der Waals surface area contributed by atoms with Crippen molar-refractivity contribution in [1.29, 1.82) is 0 Å². The number of carbonyl (C=O) groups is 1. The summed E-state index contributed by atoms with van der Waals surface area (Å²) in [5.41, 5.74) is 10.9. The summed E-state index contributed by atoms with van der Waals surface area (Å²) in [4.78, 5) is 15.7. The molecule has 0 aliphatic carbocycles. The number of allylic oxidation sites excluding steroid dienone is 1. The quantitative estimate of drug-likeness (QED) is 0.272. The number of hydrogen-bond acceptors (Lipinski definition) is 6. The summed E-state index contributed by atoms with van der Waals surface area (Å²) in [6.07, 6.45) is -0.527. The van der Waals surface area contributed by atoms with Crippen LogP contribution in [0.2, 0.25) is 0 Å². The van der Waals surface area contributed by atoms with Gasteiger partial charge >= 0.3 is 0 Å². The molecule has 0 aromatic carbocycles. The smallest absolute Gasteiger partial charge is 0.217 e. The highest BCUT2D eigenvalue weighted by molar-refractivity contribution is 5.76. The Bertz CT molecular complexity index is 464. The fraction of sp³-hybridized carbons (Fsp3) is 0.714. The van der Waals surface area contributed by atoms with Crippen LogP contribution in [0.5, 0.6) is 0 Å². The van der Waals surface area contributed by atoms with Gasteiger partial charge in [-0.25, -0.2) is 4.99 Å². The average Bonchev–Trinajstić information content (AvgIpc) is 2.49. The van der Waals surface area contributed by atoms with Gasteiger partial charge in [-0.05, 0) is 6.08 Å². The van der Waals surface area contributed by atoms with Crippen LogP contribution in [0.15, 0.2) is 16.8 Å². The lowest BCUT2D eigenvalue weighted by atomic mass is 9.92. The fourth-order valence-electron chi connectivity index (χ4n) is 2.55. The van der Waals surface area contributed by atoms with Crippen molar-refractivity contribution in [2.75, 3.05) is 13.7 Å². The molecule has 0 bridgehead atoms. The van der Waals surface area contributed by atoms with E-state index < -0.39 is 37.0 Å². The molecule has 7 N–H and O–H groups in total. The third-order valence-electron chi connectivity index (χ3n) is 3.54. The first kappa shape index (κ1) is 19.2. The van der Waals surface area contributed by atoms with Crippen molar-refractivity contribution in [2.45, 2.75) is 50.7 Å². The van der Waals surface area contributed by atoms with Gasteiger partial charge < -0.3 is 36.5 Å². The first-order chi connectivity index (χ1) is 10.8. The van der Waals surface area contributed by atoms with Crippen molar-refractivity contribution >= 4 is 11.9 Å². The van der Waals surface area contributed by atoms with E-state index in [1.54, 1.807) is 6.08 Å². The van der Waals surface area contributed by atoms with Crippen molar-refractivity contribution in [3.8, 4) is 0 Å². The zero-order valence-corrected chi connectivity index (χ0v) is 13.6. The number of nitrogens with one attached hydrogen (secondary N) is 1. The van der Waals surface area contributed by atoms with Crippen LogP contribution in [-0.2, 0) is 14.3 Å². The Kier molecular flexibility index (Phi) is 7.27. The van der Waals surface area contributed by atoms with E-state index >= 15 is 0 Å². The van der Waals surface area contributed by atoms with Crippen LogP contribution in [-0.4, -0.2) is 66.2 Å². The molecule has 1 rings (SSSR count). The Morgan fingerprint density at radius 3 is 2.65 bits per heavy atom. The summed E-state index contributed by atoms with van der Waals surface area (Å²) in [6.45, 7) is 2.73. The van der Waals surface area contributed by atoms with Gasteiger partial charge in [0, 0.05) is 20.5 Å². The van der Waals surface area contributed by atoms with Crippen LogP contribution in [0.3, 0.4) is 0 Å². The van der Waals surface area contributed by atoms with Gasteiger partial charge in [0.15, 0.2) is 5.96 Å². The Morgan fingerprint density at radius 2 is 2.22 bits per heavy atom. The van der Waals surface area contributed by atoms with E-state index in [9.17, 15) is 15.0 Å². The standard InChI is InChI=1S/C14H26N4O5/c1-4-8-5-9(18-14(15)16)11(17-7(2)20)13(23-8)12(22-3)10(21)6-19/h5,9-13,19,21H,4,6H2,1-3H3,(H,17,20)(H4,15,16,18)/t9-,10+,11+,12+,13+/m0/s1. The minimum absolute atomic E-state index is 0.130. The lowest BCUT2D eigenvalue weighted by Gasteiger charge is -2.40. The molecule has 1 aliphatic heterocycles. The maximum Gasteiger partial charge on any atom is 0.217 e. The molecule has 23 heavy (non-hydrogen) atoms. The topological polar surface area (TPSA) is 152 Å². The number of amides is 1. The number of guanidine groups is 1. The molecular weight excluding hydrogens is 304 g/mol. The Morgan fingerprint density at radius 1 is 1.57 bits per heavy atom. The highest BCUT2D eigenvalue weighted by atomic mass is 16.5. The molecular formula is C14H26N4O5. The van der Waals surface area contributed by atoms with E-state index in [4.69, 9.17) is 20.9 Å². The largest absolute Gasteiger partial charge is 0.490 e. The zero-order valence-electron chi connectivity index (χ0n) is 13.6. The van der Waals surface area contributed by atoms with Crippen LogP contribution < -0.4 is 16.8 Å². The first-order valence-corrected chi connectivity index (χ1v) is 7.38. The predicted octanol–water partition coefficient (Wildman–Crippen LogP) is -1.81. The summed E-state index contributed by atoms with van der Waals surface area (Å²) in [5.74, 6) is 0.175. The second-order valence-electron chi connectivity index (χ2n) is 5.29. The molecule has 1 heterocycles. The molecule has 9 heteroatoms. The number of rotatable bonds is 7. The lowest BCUT2D eigenvalue weighted by Crippen LogP contribution is -2.59. The molecule has 1 amide bonds. The molecule has 1 aliphatic rings. The van der Waals surface area contributed by atoms with E-state index in [2.05, 4.69) is 10.3 Å². The van der Waals surface area contributed by atoms with Gasteiger partial charge in [0.1, 0.15) is 18.3 Å². The number of methoxy groups -OCH3 is 1. The maximum atomic E-state index is 11.5.